The molecule has 1 amide bonds. The van der Waals surface area contributed by atoms with Gasteiger partial charge in [0, 0.05) is 0 Å². The molecule has 0 unspecified atom stereocenters. The third-order valence-corrected chi connectivity index (χ3v) is 4.50. The molecule has 0 aliphatic heterocycles. The van der Waals surface area contributed by atoms with Crippen LogP contribution in [0.4, 0.5) is 10.5 Å². The molecule has 6 heteroatoms. The molecule has 2 aromatic carbocycles. The second-order valence-corrected chi connectivity index (χ2v) is 8.07. The summed E-state index contributed by atoms with van der Waals surface area (Å²) in [7, 11) is 0. The molecule has 0 atom stereocenters. The van der Waals surface area contributed by atoms with Crippen LogP contribution in [-0.2, 0) is 4.74 Å². The Balaban J connectivity index is 2.07. The fourth-order valence-electron chi connectivity index (χ4n) is 3.06. The van der Waals surface area contributed by atoms with E-state index in [4.69, 9.17) is 9.15 Å². The number of hydrogen-bond acceptors (Lipinski definition) is 4. The maximum atomic E-state index is 13.1. The number of carbonyl (C=O) groups excluding carboxylic acids is 1. The maximum absolute atomic E-state index is 13.1. The molecule has 0 aliphatic carbocycles. The van der Waals surface area contributed by atoms with Crippen molar-refractivity contribution in [3.05, 3.63) is 88.7 Å². The molecule has 6 nitrogen and oxygen atoms in total. The quantitative estimate of drug-likeness (QED) is 0.577. The molecule has 0 aliphatic rings. The number of amides is 1. The van der Waals surface area contributed by atoms with E-state index in [-0.39, 0.29) is 11.5 Å². The van der Waals surface area contributed by atoms with Gasteiger partial charge in [-0.2, -0.15) is 0 Å². The van der Waals surface area contributed by atoms with E-state index < -0.39 is 17.5 Å². The normalized spacial score (nSPS) is 11.2. The van der Waals surface area contributed by atoms with Gasteiger partial charge in [-0.1, -0.05) is 43.0 Å². The Labute approximate surface area is 176 Å². The topological polar surface area (TPSA) is 64.7 Å². The number of aryl methyl sites for hydroxylation is 2. The van der Waals surface area contributed by atoms with E-state index in [0.29, 0.717) is 11.4 Å². The van der Waals surface area contributed by atoms with E-state index in [0.717, 1.165) is 11.1 Å². The minimum atomic E-state index is -0.702. The highest BCUT2D eigenvalue weighted by molar-refractivity contribution is 6.02. The smallest absolute Gasteiger partial charge is 0.424 e. The minimum absolute atomic E-state index is 0.178. The Bertz CT molecular complexity index is 1150. The summed E-state index contributed by atoms with van der Waals surface area (Å²) in [6.45, 7) is 13.2. The highest BCUT2D eigenvalue weighted by atomic mass is 16.6. The number of ether oxygens (including phenoxy) is 1. The first-order chi connectivity index (χ1) is 14.1. The van der Waals surface area contributed by atoms with Crippen LogP contribution in [0, 0.1) is 13.8 Å². The van der Waals surface area contributed by atoms with Crippen molar-refractivity contribution < 1.29 is 13.9 Å². The summed E-state index contributed by atoms with van der Waals surface area (Å²) in [5.41, 5.74) is 2.58. The van der Waals surface area contributed by atoms with Crippen molar-refractivity contribution in [3.8, 4) is 5.69 Å². The predicted octanol–water partition coefficient (Wildman–Crippen LogP) is 5.46. The molecule has 3 aromatic rings. The number of benzene rings is 2. The lowest BCUT2D eigenvalue weighted by molar-refractivity contribution is 0.0599. The van der Waals surface area contributed by atoms with Crippen molar-refractivity contribution in [2.75, 3.05) is 4.90 Å². The number of rotatable bonds is 4. The lowest BCUT2D eigenvalue weighted by Crippen LogP contribution is -2.36. The zero-order chi connectivity index (χ0) is 22.1. The molecule has 0 bridgehead atoms. The molecule has 1 heterocycles. The SMILES string of the molecule is C=C(c1cn(-c2ccccc2C)c(=O)o1)N(C(=O)OC(C)(C)C)c1ccccc1C. The molecule has 0 spiro atoms. The number of aromatic nitrogens is 1. The van der Waals surface area contributed by atoms with Crippen molar-refractivity contribution in [3.63, 3.8) is 0 Å². The zero-order valence-corrected chi connectivity index (χ0v) is 17.9. The van der Waals surface area contributed by atoms with Gasteiger partial charge in [0.2, 0.25) is 0 Å². The summed E-state index contributed by atoms with van der Waals surface area (Å²) in [6.07, 6.45) is 0.941. The number of hydrogen-bond donors (Lipinski definition) is 0. The van der Waals surface area contributed by atoms with Gasteiger partial charge in [-0.3, -0.25) is 0 Å². The maximum Gasteiger partial charge on any atom is 0.424 e. The molecule has 0 saturated carbocycles. The van der Waals surface area contributed by atoms with Crippen LogP contribution in [-0.4, -0.2) is 16.3 Å². The molecule has 0 saturated heterocycles. The van der Waals surface area contributed by atoms with Crippen molar-refractivity contribution >= 4 is 17.5 Å². The van der Waals surface area contributed by atoms with Crippen molar-refractivity contribution in [2.24, 2.45) is 0 Å². The first-order valence-electron chi connectivity index (χ1n) is 9.65. The van der Waals surface area contributed by atoms with Gasteiger partial charge in [-0.05, 0) is 57.9 Å². The van der Waals surface area contributed by atoms with Gasteiger partial charge in [-0.15, -0.1) is 0 Å². The standard InChI is InChI=1S/C24H26N2O4/c1-16-11-7-9-13-19(16)25-15-21(29-22(25)27)18(3)26(23(28)30-24(4,5)6)20-14-10-8-12-17(20)2/h7-15H,3H2,1-2,4-6H3. The van der Waals surface area contributed by atoms with E-state index in [1.165, 1.54) is 9.47 Å². The average Bonchev–Trinajstić information content (AvgIpc) is 3.04. The van der Waals surface area contributed by atoms with Crippen LogP contribution in [0.15, 0.2) is 70.5 Å². The largest absolute Gasteiger partial charge is 0.443 e. The number of anilines is 1. The summed E-state index contributed by atoms with van der Waals surface area (Å²) in [4.78, 5) is 26.9. The number of nitrogens with zero attached hydrogens (tertiary/aromatic N) is 2. The fourth-order valence-corrected chi connectivity index (χ4v) is 3.06. The van der Waals surface area contributed by atoms with E-state index in [9.17, 15) is 9.59 Å². The van der Waals surface area contributed by atoms with Crippen molar-refractivity contribution in [2.45, 2.75) is 40.2 Å². The number of para-hydroxylation sites is 2. The lowest BCUT2D eigenvalue weighted by Gasteiger charge is -2.28. The minimum Gasteiger partial charge on any atom is -0.443 e. The van der Waals surface area contributed by atoms with Crippen LogP contribution in [0.1, 0.15) is 37.7 Å². The molecule has 156 valence electrons. The van der Waals surface area contributed by atoms with Gasteiger partial charge in [0.1, 0.15) is 5.60 Å². The number of oxazole rings is 1. The van der Waals surface area contributed by atoms with Gasteiger partial charge in [0.05, 0.1) is 23.3 Å². The molecule has 1 aromatic heterocycles. The van der Waals surface area contributed by atoms with Gasteiger partial charge in [-0.25, -0.2) is 19.1 Å². The second kappa shape index (κ2) is 8.06. The first kappa shape index (κ1) is 21.2. The van der Waals surface area contributed by atoms with Crippen LogP contribution in [0.3, 0.4) is 0 Å². The van der Waals surface area contributed by atoms with E-state index in [1.54, 1.807) is 33.0 Å². The van der Waals surface area contributed by atoms with Gasteiger partial charge in [0.15, 0.2) is 5.76 Å². The third-order valence-electron chi connectivity index (χ3n) is 4.50. The average molecular weight is 406 g/mol. The monoisotopic (exact) mass is 406 g/mol. The lowest BCUT2D eigenvalue weighted by atomic mass is 10.1. The van der Waals surface area contributed by atoms with Crippen LogP contribution in [0.2, 0.25) is 0 Å². The molecule has 0 N–H and O–H groups in total. The van der Waals surface area contributed by atoms with E-state index in [2.05, 4.69) is 6.58 Å². The van der Waals surface area contributed by atoms with Crippen LogP contribution in [0.5, 0.6) is 0 Å². The number of carbonyl (C=O) groups is 1. The highest BCUT2D eigenvalue weighted by Gasteiger charge is 2.29. The molecule has 30 heavy (non-hydrogen) atoms. The van der Waals surface area contributed by atoms with Crippen LogP contribution >= 0.6 is 0 Å². The van der Waals surface area contributed by atoms with Gasteiger partial charge in [0.25, 0.3) is 0 Å². The van der Waals surface area contributed by atoms with Crippen LogP contribution in [0.25, 0.3) is 11.4 Å². The third kappa shape index (κ3) is 4.38. The second-order valence-electron chi connectivity index (χ2n) is 8.07. The Kier molecular flexibility index (Phi) is 5.69. The molecule has 0 radical (unpaired) electrons. The fraction of sp³-hybridized carbons (Fsp3) is 0.250. The summed E-state index contributed by atoms with van der Waals surface area (Å²) >= 11 is 0. The highest BCUT2D eigenvalue weighted by Crippen LogP contribution is 2.30. The van der Waals surface area contributed by atoms with Gasteiger partial charge < -0.3 is 9.15 Å². The Morgan fingerprint density at radius 3 is 2.23 bits per heavy atom. The summed E-state index contributed by atoms with van der Waals surface area (Å²) in [5, 5.41) is 0. The first-order valence-corrected chi connectivity index (χ1v) is 9.65. The molecule has 0 fully saturated rings. The predicted molar refractivity (Wildman–Crippen MR) is 118 cm³/mol. The van der Waals surface area contributed by atoms with Crippen LogP contribution < -0.4 is 10.7 Å². The summed E-state index contributed by atoms with van der Waals surface area (Å²) in [6, 6.07) is 14.8. The van der Waals surface area contributed by atoms with E-state index >= 15 is 0 Å². The van der Waals surface area contributed by atoms with Crippen molar-refractivity contribution in [1.82, 2.24) is 4.57 Å². The van der Waals surface area contributed by atoms with E-state index in [1.807, 2.05) is 56.3 Å². The Morgan fingerprint density at radius 2 is 1.63 bits per heavy atom. The molecular weight excluding hydrogens is 380 g/mol. The molecular formula is C24H26N2O4. The Hall–Kier alpha value is -3.54. The summed E-state index contributed by atoms with van der Waals surface area (Å²) < 4.78 is 12.5. The Morgan fingerprint density at radius 1 is 1.03 bits per heavy atom. The molecule has 3 rings (SSSR count). The zero-order valence-electron chi connectivity index (χ0n) is 17.9. The van der Waals surface area contributed by atoms with Crippen molar-refractivity contribution in [1.29, 1.82) is 0 Å². The van der Waals surface area contributed by atoms with Gasteiger partial charge >= 0.3 is 11.8 Å². The summed E-state index contributed by atoms with van der Waals surface area (Å²) in [5.74, 6) is -0.383.